The van der Waals surface area contributed by atoms with Gasteiger partial charge in [-0.1, -0.05) is 31.9 Å². The molecule has 1 saturated heterocycles. The number of carbonyl (C=O) groups is 1. The number of anilines is 1. The van der Waals surface area contributed by atoms with Gasteiger partial charge in [-0.15, -0.1) is 6.42 Å². The van der Waals surface area contributed by atoms with Crippen LogP contribution in [-0.2, 0) is 15.1 Å². The van der Waals surface area contributed by atoms with Crippen molar-refractivity contribution in [1.29, 1.82) is 0 Å². The quantitative estimate of drug-likeness (QED) is 0.519. The topological polar surface area (TPSA) is 79.5 Å². The van der Waals surface area contributed by atoms with Gasteiger partial charge in [0.1, 0.15) is 5.69 Å². The number of aromatic amines is 1. The van der Waals surface area contributed by atoms with E-state index in [0.717, 1.165) is 55.5 Å². The van der Waals surface area contributed by atoms with E-state index in [2.05, 4.69) is 72.3 Å². The molecule has 4 rings (SSSR count). The summed E-state index contributed by atoms with van der Waals surface area (Å²) in [5, 5.41) is 3.07. The lowest BCUT2D eigenvalue weighted by atomic mass is 9.76. The first-order valence-electron chi connectivity index (χ1n) is 12.7. The predicted octanol–water partition coefficient (Wildman–Crippen LogP) is 4.82. The number of imidazole rings is 1. The summed E-state index contributed by atoms with van der Waals surface area (Å²) in [6, 6.07) is 6.30. The highest BCUT2D eigenvalue weighted by atomic mass is 16.5. The molecule has 0 spiro atoms. The zero-order valence-corrected chi connectivity index (χ0v) is 21.9. The Hall–Kier alpha value is -2.92. The number of amides is 1. The highest BCUT2D eigenvalue weighted by Crippen LogP contribution is 2.43. The third-order valence-electron chi connectivity index (χ3n) is 7.28. The van der Waals surface area contributed by atoms with Crippen molar-refractivity contribution in [3.63, 3.8) is 0 Å². The molecule has 36 heavy (non-hydrogen) atoms. The number of hydrogen-bond acceptors (Lipinski definition) is 5. The summed E-state index contributed by atoms with van der Waals surface area (Å²) in [4.78, 5) is 22.1. The summed E-state index contributed by atoms with van der Waals surface area (Å²) in [6.45, 7) is 7.44. The summed E-state index contributed by atoms with van der Waals surface area (Å²) in [7, 11) is 4.11. The Kier molecular flexibility index (Phi) is 7.99. The van der Waals surface area contributed by atoms with E-state index >= 15 is 0 Å². The molecule has 7 heteroatoms. The van der Waals surface area contributed by atoms with Gasteiger partial charge in [-0.05, 0) is 62.0 Å². The summed E-state index contributed by atoms with van der Waals surface area (Å²) >= 11 is 0. The van der Waals surface area contributed by atoms with Gasteiger partial charge in [-0.2, -0.15) is 0 Å². The van der Waals surface area contributed by atoms with Crippen LogP contribution in [0.2, 0.25) is 0 Å². The number of terminal acetylenes is 1. The van der Waals surface area contributed by atoms with Crippen molar-refractivity contribution in [2.75, 3.05) is 45.8 Å². The fourth-order valence-corrected chi connectivity index (χ4v) is 4.86. The van der Waals surface area contributed by atoms with Gasteiger partial charge in [0.05, 0.1) is 18.4 Å². The maximum atomic E-state index is 13.0. The maximum absolute atomic E-state index is 13.0. The minimum absolute atomic E-state index is 0.199. The number of likely N-dealkylation sites (N-methyl/N-ethyl adjacent to an activating group) is 1. The van der Waals surface area contributed by atoms with Gasteiger partial charge in [0.15, 0.2) is 5.82 Å². The van der Waals surface area contributed by atoms with Crippen LogP contribution in [0.4, 0.5) is 5.69 Å². The second kappa shape index (κ2) is 11.0. The maximum Gasteiger partial charge on any atom is 0.291 e. The van der Waals surface area contributed by atoms with Crippen LogP contribution in [0, 0.1) is 17.8 Å². The fourth-order valence-electron chi connectivity index (χ4n) is 4.86. The number of hydrogen-bond donors (Lipinski definition) is 2. The monoisotopic (exact) mass is 490 g/mol. The van der Waals surface area contributed by atoms with E-state index in [1.807, 2.05) is 6.07 Å². The predicted molar refractivity (Wildman–Crippen MR) is 143 cm³/mol. The van der Waals surface area contributed by atoms with Crippen molar-refractivity contribution in [2.45, 2.75) is 51.6 Å². The molecule has 1 fully saturated rings. The van der Waals surface area contributed by atoms with Crippen LogP contribution in [0.25, 0.3) is 5.57 Å². The van der Waals surface area contributed by atoms with Crippen LogP contribution >= 0.6 is 0 Å². The van der Waals surface area contributed by atoms with Crippen molar-refractivity contribution in [1.82, 2.24) is 14.9 Å². The van der Waals surface area contributed by atoms with E-state index in [9.17, 15) is 4.79 Å². The van der Waals surface area contributed by atoms with E-state index in [-0.39, 0.29) is 17.1 Å². The van der Waals surface area contributed by atoms with Crippen molar-refractivity contribution < 1.29 is 14.3 Å². The van der Waals surface area contributed by atoms with Crippen molar-refractivity contribution >= 4 is 17.2 Å². The molecule has 0 atom stereocenters. The Bertz CT molecular complexity index is 1150. The van der Waals surface area contributed by atoms with Crippen LogP contribution in [0.1, 0.15) is 73.4 Å². The number of H-pyrrole nitrogens is 1. The van der Waals surface area contributed by atoms with Gasteiger partial charge in [0.25, 0.3) is 5.91 Å². The molecule has 2 heterocycles. The molecular weight excluding hydrogens is 452 g/mol. The molecule has 192 valence electrons. The minimum Gasteiger partial charge on any atom is -0.381 e. The summed E-state index contributed by atoms with van der Waals surface area (Å²) < 4.78 is 12.3. The number of allylic oxidation sites excluding steroid dienone is 2. The molecule has 1 aliphatic carbocycles. The molecule has 2 aliphatic rings. The molecule has 1 aromatic carbocycles. The molecular formula is C29H38N4O3. The van der Waals surface area contributed by atoms with Crippen molar-refractivity contribution in [3.8, 4) is 12.3 Å². The number of benzene rings is 1. The van der Waals surface area contributed by atoms with Crippen molar-refractivity contribution in [3.05, 3.63) is 53.1 Å². The minimum atomic E-state index is -0.400. The van der Waals surface area contributed by atoms with Gasteiger partial charge in [-0.3, -0.25) is 4.79 Å². The highest BCUT2D eigenvalue weighted by molar-refractivity contribution is 6.03. The number of nitrogens with zero attached hydrogens (tertiary/aromatic N) is 2. The number of ether oxygens (including phenoxy) is 2. The van der Waals surface area contributed by atoms with E-state index in [0.29, 0.717) is 25.5 Å². The third-order valence-corrected chi connectivity index (χ3v) is 7.28. The van der Waals surface area contributed by atoms with E-state index in [1.54, 1.807) is 0 Å². The molecule has 2 N–H and O–H groups in total. The van der Waals surface area contributed by atoms with Gasteiger partial charge >= 0.3 is 0 Å². The molecule has 1 aromatic heterocycles. The first-order chi connectivity index (χ1) is 17.2. The molecule has 0 bridgehead atoms. The van der Waals surface area contributed by atoms with Gasteiger partial charge in [0, 0.05) is 43.9 Å². The largest absolute Gasteiger partial charge is 0.381 e. The molecule has 7 nitrogen and oxygen atoms in total. The average molecular weight is 491 g/mol. The van der Waals surface area contributed by atoms with Crippen LogP contribution in [0.5, 0.6) is 0 Å². The molecule has 1 aliphatic heterocycles. The molecule has 1 amide bonds. The summed E-state index contributed by atoms with van der Waals surface area (Å²) in [5.74, 6) is 2.36. The van der Waals surface area contributed by atoms with E-state index in [1.165, 1.54) is 11.8 Å². The average Bonchev–Trinajstić information content (AvgIpc) is 3.34. The fraction of sp³-hybridized carbons (Fsp3) is 0.517. The van der Waals surface area contributed by atoms with Crippen LogP contribution in [0.15, 0.2) is 30.5 Å². The number of carbonyl (C=O) groups excluding carboxylic acids is 1. The Morgan fingerprint density at radius 2 is 2.06 bits per heavy atom. The number of nitrogens with one attached hydrogen (secondary N) is 2. The van der Waals surface area contributed by atoms with Crippen LogP contribution < -0.4 is 5.32 Å². The second-order valence-electron chi connectivity index (χ2n) is 10.9. The third kappa shape index (κ3) is 6.07. The first-order valence-corrected chi connectivity index (χ1v) is 12.7. The molecule has 0 saturated carbocycles. The van der Waals surface area contributed by atoms with Crippen LogP contribution in [-0.4, -0.2) is 61.2 Å². The Morgan fingerprint density at radius 1 is 1.28 bits per heavy atom. The van der Waals surface area contributed by atoms with Crippen molar-refractivity contribution in [2.24, 2.45) is 5.41 Å². The van der Waals surface area contributed by atoms with Gasteiger partial charge in [-0.25, -0.2) is 4.98 Å². The highest BCUT2D eigenvalue weighted by Gasteiger charge is 2.36. The smallest absolute Gasteiger partial charge is 0.291 e. The number of aromatic nitrogens is 2. The first kappa shape index (κ1) is 26.2. The van der Waals surface area contributed by atoms with Gasteiger partial charge < -0.3 is 24.7 Å². The lowest BCUT2D eigenvalue weighted by Crippen LogP contribution is -2.38. The molecule has 0 radical (unpaired) electrons. The summed E-state index contributed by atoms with van der Waals surface area (Å²) in [5.41, 5.74) is 4.56. The lowest BCUT2D eigenvalue weighted by Gasteiger charge is -2.38. The Morgan fingerprint density at radius 3 is 2.69 bits per heavy atom. The zero-order valence-electron chi connectivity index (χ0n) is 21.9. The van der Waals surface area contributed by atoms with E-state index in [4.69, 9.17) is 15.9 Å². The molecule has 0 unspecified atom stereocenters. The Labute approximate surface area is 214 Å². The standard InChI is InChI=1S/C29H38N4O3/c1-6-23-20-30-26(31-23)27(34)32-25-8-7-22(19-24(25)21-9-11-28(2,3)12-10-21)29(13-16-35-17-14-29)36-18-15-33(4)5/h1,7-9,19-20H,10-18H2,2-5H3,(H,30,31)(H,32,34). The van der Waals surface area contributed by atoms with E-state index < -0.39 is 5.60 Å². The normalized spacial score (nSPS) is 18.9. The zero-order chi connectivity index (χ0) is 25.8. The van der Waals surface area contributed by atoms with Crippen LogP contribution in [0.3, 0.4) is 0 Å². The second-order valence-corrected chi connectivity index (χ2v) is 10.9. The SMILES string of the molecule is C#Cc1cnc(C(=O)Nc2ccc(C3(OCCN(C)C)CCOCC3)cc2C2=CCC(C)(C)CC2)[nH]1. The number of rotatable bonds is 8. The lowest BCUT2D eigenvalue weighted by molar-refractivity contribution is -0.118. The van der Waals surface area contributed by atoms with Gasteiger partial charge in [0.2, 0.25) is 0 Å². The molecule has 2 aromatic rings. The Balaban J connectivity index is 1.69. The summed E-state index contributed by atoms with van der Waals surface area (Å²) in [6.07, 6.45) is 13.9.